The van der Waals surface area contributed by atoms with E-state index in [1.54, 1.807) is 24.3 Å². The minimum atomic E-state index is -0.900. The molecule has 0 saturated heterocycles. The molecule has 0 bridgehead atoms. The number of carbonyl (C=O) groups is 1. The average Bonchev–Trinajstić information content (AvgIpc) is 3.04. The molecule has 122 valence electrons. The summed E-state index contributed by atoms with van der Waals surface area (Å²) in [5.41, 5.74) is 6.62. The number of hydrogen-bond donors (Lipinski definition) is 1. The standard InChI is InChI=1S/C16H14ClN5O2/c17-13-9-5-4-8-12(13)14(24-16(18)23)10-22-20-15(19-21-22)11-6-2-1-3-7-11/h1-9,14H,10H2,(H2,18,23)/t14-/m0/s1. The van der Waals surface area contributed by atoms with Gasteiger partial charge in [-0.05, 0) is 11.3 Å². The summed E-state index contributed by atoms with van der Waals surface area (Å²) in [6, 6.07) is 16.5. The lowest BCUT2D eigenvalue weighted by atomic mass is 10.1. The number of aromatic nitrogens is 4. The van der Waals surface area contributed by atoms with E-state index in [1.807, 2.05) is 30.3 Å². The van der Waals surface area contributed by atoms with Gasteiger partial charge in [-0.25, -0.2) is 4.79 Å². The molecule has 2 N–H and O–H groups in total. The number of carbonyl (C=O) groups excluding carboxylic acids is 1. The molecule has 3 rings (SSSR count). The van der Waals surface area contributed by atoms with Crippen molar-refractivity contribution in [1.29, 1.82) is 0 Å². The Bertz CT molecular complexity index is 837. The Balaban J connectivity index is 1.85. The second-order valence-electron chi connectivity index (χ2n) is 4.98. The van der Waals surface area contributed by atoms with Gasteiger partial charge in [-0.3, -0.25) is 0 Å². The number of amides is 1. The van der Waals surface area contributed by atoms with E-state index in [0.717, 1.165) is 5.56 Å². The molecule has 2 aromatic carbocycles. The van der Waals surface area contributed by atoms with Crippen LogP contribution in [0.5, 0.6) is 0 Å². The van der Waals surface area contributed by atoms with Crippen molar-refractivity contribution in [3.63, 3.8) is 0 Å². The lowest BCUT2D eigenvalue weighted by Gasteiger charge is -2.17. The molecule has 3 aromatic rings. The number of hydrogen-bond acceptors (Lipinski definition) is 5. The van der Waals surface area contributed by atoms with Crippen molar-refractivity contribution in [3.05, 3.63) is 65.2 Å². The smallest absolute Gasteiger partial charge is 0.405 e. The van der Waals surface area contributed by atoms with Gasteiger partial charge in [0.2, 0.25) is 5.82 Å². The summed E-state index contributed by atoms with van der Waals surface area (Å²) in [6.45, 7) is 0.145. The van der Waals surface area contributed by atoms with Crippen LogP contribution in [0.25, 0.3) is 11.4 Å². The Kier molecular flexibility index (Phi) is 4.72. The monoisotopic (exact) mass is 343 g/mol. The fourth-order valence-electron chi connectivity index (χ4n) is 2.25. The summed E-state index contributed by atoms with van der Waals surface area (Å²) in [6.07, 6.45) is -1.61. The fraction of sp³-hybridized carbons (Fsp3) is 0.125. The summed E-state index contributed by atoms with van der Waals surface area (Å²) in [5.74, 6) is 0.479. The van der Waals surface area contributed by atoms with Crippen LogP contribution >= 0.6 is 11.6 Å². The third-order valence-corrected chi connectivity index (χ3v) is 3.67. The van der Waals surface area contributed by atoms with Gasteiger partial charge in [-0.1, -0.05) is 60.1 Å². The first-order chi connectivity index (χ1) is 11.6. The topological polar surface area (TPSA) is 95.9 Å². The lowest BCUT2D eigenvalue weighted by molar-refractivity contribution is 0.0901. The van der Waals surface area contributed by atoms with Crippen LogP contribution in [-0.4, -0.2) is 26.3 Å². The molecule has 1 heterocycles. The van der Waals surface area contributed by atoms with E-state index in [0.29, 0.717) is 16.4 Å². The quantitative estimate of drug-likeness (QED) is 0.768. The summed E-state index contributed by atoms with van der Waals surface area (Å²) < 4.78 is 5.16. The molecular weight excluding hydrogens is 330 g/mol. The molecule has 7 nitrogen and oxygen atoms in total. The van der Waals surface area contributed by atoms with E-state index in [-0.39, 0.29) is 6.54 Å². The molecule has 0 aliphatic heterocycles. The summed E-state index contributed by atoms with van der Waals surface area (Å²) in [5, 5.41) is 12.8. The highest BCUT2D eigenvalue weighted by molar-refractivity contribution is 6.31. The largest absolute Gasteiger partial charge is 0.439 e. The molecule has 1 aromatic heterocycles. The Labute approximate surface area is 143 Å². The van der Waals surface area contributed by atoms with Crippen LogP contribution in [0.3, 0.4) is 0 Å². The van der Waals surface area contributed by atoms with E-state index in [2.05, 4.69) is 15.4 Å². The van der Waals surface area contributed by atoms with Crippen LogP contribution in [0.1, 0.15) is 11.7 Å². The van der Waals surface area contributed by atoms with E-state index in [9.17, 15) is 4.79 Å². The van der Waals surface area contributed by atoms with Gasteiger partial charge in [0.25, 0.3) is 0 Å². The first kappa shape index (κ1) is 15.9. The third-order valence-electron chi connectivity index (χ3n) is 3.32. The zero-order chi connectivity index (χ0) is 16.9. The highest BCUT2D eigenvalue weighted by Gasteiger charge is 2.20. The average molecular weight is 344 g/mol. The minimum Gasteiger partial charge on any atom is -0.439 e. The van der Waals surface area contributed by atoms with Crippen molar-refractivity contribution in [3.8, 4) is 11.4 Å². The molecule has 0 aliphatic rings. The number of halogens is 1. The van der Waals surface area contributed by atoms with Crippen molar-refractivity contribution in [2.45, 2.75) is 12.6 Å². The van der Waals surface area contributed by atoms with Gasteiger partial charge in [0.1, 0.15) is 6.54 Å². The summed E-state index contributed by atoms with van der Waals surface area (Å²) in [7, 11) is 0. The maximum absolute atomic E-state index is 11.2. The van der Waals surface area contributed by atoms with E-state index in [1.165, 1.54) is 4.80 Å². The highest BCUT2D eigenvalue weighted by Crippen LogP contribution is 2.26. The first-order valence-corrected chi connectivity index (χ1v) is 7.55. The maximum atomic E-state index is 11.2. The molecule has 0 saturated carbocycles. The zero-order valence-corrected chi connectivity index (χ0v) is 13.3. The Hall–Kier alpha value is -2.93. The van der Waals surface area contributed by atoms with E-state index < -0.39 is 12.2 Å². The van der Waals surface area contributed by atoms with Crippen LogP contribution in [0.4, 0.5) is 4.79 Å². The van der Waals surface area contributed by atoms with Gasteiger partial charge in [0.05, 0.1) is 0 Å². The van der Waals surface area contributed by atoms with Gasteiger partial charge < -0.3 is 10.5 Å². The van der Waals surface area contributed by atoms with Crippen LogP contribution < -0.4 is 5.73 Å². The van der Waals surface area contributed by atoms with Gasteiger partial charge in [0, 0.05) is 16.1 Å². The molecule has 1 amide bonds. The zero-order valence-electron chi connectivity index (χ0n) is 12.5. The number of tetrazole rings is 1. The van der Waals surface area contributed by atoms with Crippen molar-refractivity contribution in [2.24, 2.45) is 5.73 Å². The third kappa shape index (κ3) is 3.69. The van der Waals surface area contributed by atoms with Crippen LogP contribution in [0.15, 0.2) is 54.6 Å². The molecule has 8 heteroatoms. The van der Waals surface area contributed by atoms with Gasteiger partial charge in [-0.2, -0.15) is 4.80 Å². The van der Waals surface area contributed by atoms with Gasteiger partial charge in [-0.15, -0.1) is 10.2 Å². The molecule has 0 radical (unpaired) electrons. The van der Waals surface area contributed by atoms with Crippen molar-refractivity contribution in [1.82, 2.24) is 20.2 Å². The molecule has 0 fully saturated rings. The highest BCUT2D eigenvalue weighted by atomic mass is 35.5. The molecule has 0 aliphatic carbocycles. The fourth-order valence-corrected chi connectivity index (χ4v) is 2.50. The number of benzene rings is 2. The second-order valence-corrected chi connectivity index (χ2v) is 5.39. The predicted octanol–water partition coefficient (Wildman–Crippen LogP) is 2.83. The molecule has 0 spiro atoms. The second kappa shape index (κ2) is 7.10. The summed E-state index contributed by atoms with van der Waals surface area (Å²) >= 11 is 6.17. The van der Waals surface area contributed by atoms with Crippen LogP contribution in [0, 0.1) is 0 Å². The maximum Gasteiger partial charge on any atom is 0.405 e. The number of ether oxygens (including phenoxy) is 1. The number of rotatable bonds is 5. The SMILES string of the molecule is NC(=O)O[C@@H](Cn1nnc(-c2ccccc2)n1)c1ccccc1Cl. The number of nitrogens with two attached hydrogens (primary N) is 1. The first-order valence-electron chi connectivity index (χ1n) is 7.17. The molecule has 0 unspecified atom stereocenters. The minimum absolute atomic E-state index is 0.145. The van der Waals surface area contributed by atoms with Crippen LogP contribution in [-0.2, 0) is 11.3 Å². The predicted molar refractivity (Wildman–Crippen MR) is 88.1 cm³/mol. The van der Waals surface area contributed by atoms with E-state index in [4.69, 9.17) is 22.1 Å². The Morgan fingerprint density at radius 1 is 1.17 bits per heavy atom. The number of nitrogens with zero attached hydrogens (tertiary/aromatic N) is 4. The molecular formula is C16H14ClN5O2. The summed E-state index contributed by atoms with van der Waals surface area (Å²) in [4.78, 5) is 12.5. The molecule has 1 atom stereocenters. The Morgan fingerprint density at radius 2 is 1.88 bits per heavy atom. The van der Waals surface area contributed by atoms with Gasteiger partial charge in [0.15, 0.2) is 6.10 Å². The number of primary amides is 1. The van der Waals surface area contributed by atoms with Crippen molar-refractivity contribution < 1.29 is 9.53 Å². The van der Waals surface area contributed by atoms with Crippen LogP contribution in [0.2, 0.25) is 5.02 Å². The molecule has 24 heavy (non-hydrogen) atoms. The normalized spacial score (nSPS) is 11.9. The van der Waals surface area contributed by atoms with E-state index >= 15 is 0 Å². The van der Waals surface area contributed by atoms with Crippen molar-refractivity contribution >= 4 is 17.7 Å². The lowest BCUT2D eigenvalue weighted by Crippen LogP contribution is -2.22. The Morgan fingerprint density at radius 3 is 2.58 bits per heavy atom. The van der Waals surface area contributed by atoms with Gasteiger partial charge >= 0.3 is 6.09 Å². The van der Waals surface area contributed by atoms with Crippen molar-refractivity contribution in [2.75, 3.05) is 0 Å².